The quantitative estimate of drug-likeness (QED) is 0.669. The van der Waals surface area contributed by atoms with Gasteiger partial charge in [0.05, 0.1) is 0 Å². The highest BCUT2D eigenvalue weighted by molar-refractivity contribution is 8.13. The van der Waals surface area contributed by atoms with E-state index >= 15 is 0 Å². The monoisotopic (exact) mass is 215 g/mol. The summed E-state index contributed by atoms with van der Waals surface area (Å²) < 4.78 is 0. The van der Waals surface area contributed by atoms with Crippen molar-refractivity contribution in [2.24, 2.45) is 0 Å². The van der Waals surface area contributed by atoms with E-state index in [0.29, 0.717) is 18.6 Å². The molecule has 1 fully saturated rings. The van der Waals surface area contributed by atoms with Crippen molar-refractivity contribution in [1.29, 1.82) is 0 Å². The molecule has 0 saturated carbocycles. The van der Waals surface area contributed by atoms with Crippen LogP contribution >= 0.6 is 11.8 Å². The van der Waals surface area contributed by atoms with Crippen LogP contribution in [0.25, 0.3) is 0 Å². The molecule has 0 atom stereocenters. The zero-order valence-electron chi connectivity index (χ0n) is 8.38. The maximum atomic E-state index is 11.2. The summed E-state index contributed by atoms with van der Waals surface area (Å²) in [5.41, 5.74) is 0. The van der Waals surface area contributed by atoms with Crippen LogP contribution < -0.4 is 5.32 Å². The fourth-order valence-corrected chi connectivity index (χ4v) is 2.20. The summed E-state index contributed by atoms with van der Waals surface area (Å²) in [7, 11) is 0. The second-order valence-electron chi connectivity index (χ2n) is 3.48. The Morgan fingerprint density at radius 3 is 2.64 bits per heavy atom. The van der Waals surface area contributed by atoms with Crippen LogP contribution in [0.5, 0.6) is 0 Å². The summed E-state index contributed by atoms with van der Waals surface area (Å²) in [6.45, 7) is 0.789. The van der Waals surface area contributed by atoms with Gasteiger partial charge in [0.25, 0.3) is 0 Å². The van der Waals surface area contributed by atoms with Gasteiger partial charge in [0.2, 0.25) is 5.91 Å². The van der Waals surface area contributed by atoms with E-state index in [2.05, 4.69) is 5.32 Å². The third-order valence-electron chi connectivity index (χ3n) is 2.22. The number of amides is 1. The molecule has 1 saturated heterocycles. The first-order chi connectivity index (χ1) is 6.79. The summed E-state index contributed by atoms with van der Waals surface area (Å²) >= 11 is 1.29. The fourth-order valence-electron chi connectivity index (χ4n) is 1.39. The molecule has 1 aliphatic rings. The molecule has 0 aromatic carbocycles. The molecular formula is C10H17NO2S. The maximum absolute atomic E-state index is 11.2. The number of rotatable bonds is 0. The molecule has 3 nitrogen and oxygen atoms in total. The molecule has 0 radical (unpaired) electrons. The molecule has 0 aromatic rings. The summed E-state index contributed by atoms with van der Waals surface area (Å²) in [6, 6.07) is 0. The Kier molecular flexibility index (Phi) is 5.68. The smallest absolute Gasteiger partial charge is 0.220 e. The first-order valence-electron chi connectivity index (χ1n) is 5.21. The second-order valence-corrected chi connectivity index (χ2v) is 4.64. The molecule has 0 aromatic heterocycles. The first-order valence-corrected chi connectivity index (χ1v) is 6.20. The van der Waals surface area contributed by atoms with Crippen LogP contribution in [0.15, 0.2) is 0 Å². The number of nitrogens with one attached hydrogen (secondary N) is 1. The van der Waals surface area contributed by atoms with Gasteiger partial charge < -0.3 is 5.32 Å². The van der Waals surface area contributed by atoms with Gasteiger partial charge in [-0.15, -0.1) is 0 Å². The SMILES string of the molecule is O=C1CCSC(=O)CCCCCCN1. The van der Waals surface area contributed by atoms with Gasteiger partial charge in [0, 0.05) is 25.1 Å². The second kappa shape index (κ2) is 6.87. The Labute approximate surface area is 89.0 Å². The van der Waals surface area contributed by atoms with Gasteiger partial charge in [-0.2, -0.15) is 0 Å². The third kappa shape index (κ3) is 5.27. The number of carbonyl (C=O) groups excluding carboxylic acids is 2. The van der Waals surface area contributed by atoms with E-state index in [0.717, 1.165) is 32.2 Å². The summed E-state index contributed by atoms with van der Waals surface area (Å²) in [4.78, 5) is 22.4. The normalized spacial score (nSPS) is 22.0. The van der Waals surface area contributed by atoms with Gasteiger partial charge in [-0.25, -0.2) is 0 Å². The number of carbonyl (C=O) groups is 2. The molecule has 1 aliphatic heterocycles. The Hall–Kier alpha value is -0.510. The van der Waals surface area contributed by atoms with Crippen LogP contribution in [0.1, 0.15) is 38.5 Å². The molecule has 1 rings (SSSR count). The average molecular weight is 215 g/mol. The van der Waals surface area contributed by atoms with Gasteiger partial charge in [-0.3, -0.25) is 9.59 Å². The van der Waals surface area contributed by atoms with Crippen molar-refractivity contribution in [3.05, 3.63) is 0 Å². The number of thioether (sulfide) groups is 1. The van der Waals surface area contributed by atoms with Crippen LogP contribution in [0.3, 0.4) is 0 Å². The minimum absolute atomic E-state index is 0.0749. The van der Waals surface area contributed by atoms with Crippen molar-refractivity contribution in [2.45, 2.75) is 38.5 Å². The van der Waals surface area contributed by atoms with E-state index in [4.69, 9.17) is 0 Å². The van der Waals surface area contributed by atoms with E-state index in [9.17, 15) is 9.59 Å². The van der Waals surface area contributed by atoms with Crippen molar-refractivity contribution in [2.75, 3.05) is 12.3 Å². The minimum Gasteiger partial charge on any atom is -0.356 e. The molecule has 0 spiro atoms. The molecule has 1 amide bonds. The molecule has 4 heteroatoms. The van der Waals surface area contributed by atoms with E-state index < -0.39 is 0 Å². The Morgan fingerprint density at radius 2 is 1.79 bits per heavy atom. The molecule has 1 heterocycles. The van der Waals surface area contributed by atoms with Crippen molar-refractivity contribution < 1.29 is 9.59 Å². The number of hydrogen-bond donors (Lipinski definition) is 1. The molecule has 0 aliphatic carbocycles. The van der Waals surface area contributed by atoms with E-state index in [-0.39, 0.29) is 11.0 Å². The van der Waals surface area contributed by atoms with Crippen molar-refractivity contribution >= 4 is 22.8 Å². The largest absolute Gasteiger partial charge is 0.356 e. The standard InChI is InChI=1S/C10H17NO2S/c12-9-6-8-14-10(13)5-3-1-2-4-7-11-9/h1-8H2,(H,11,12). The van der Waals surface area contributed by atoms with Crippen LogP contribution in [-0.2, 0) is 9.59 Å². The first kappa shape index (κ1) is 11.6. The molecule has 1 N–H and O–H groups in total. The lowest BCUT2D eigenvalue weighted by Crippen LogP contribution is -2.25. The lowest BCUT2D eigenvalue weighted by atomic mass is 10.1. The maximum Gasteiger partial charge on any atom is 0.220 e. The van der Waals surface area contributed by atoms with Crippen molar-refractivity contribution in [3.8, 4) is 0 Å². The van der Waals surface area contributed by atoms with Crippen LogP contribution in [-0.4, -0.2) is 23.3 Å². The van der Waals surface area contributed by atoms with Gasteiger partial charge in [-0.05, 0) is 12.8 Å². The lowest BCUT2D eigenvalue weighted by Gasteiger charge is -2.07. The molecular weight excluding hydrogens is 198 g/mol. The van der Waals surface area contributed by atoms with Crippen LogP contribution in [0.2, 0.25) is 0 Å². The average Bonchev–Trinajstić information content (AvgIpc) is 2.14. The number of hydrogen-bond acceptors (Lipinski definition) is 3. The topological polar surface area (TPSA) is 46.2 Å². The minimum atomic E-state index is 0.0749. The molecule has 80 valence electrons. The molecule has 14 heavy (non-hydrogen) atoms. The van der Waals surface area contributed by atoms with Gasteiger partial charge in [0.1, 0.15) is 0 Å². The fraction of sp³-hybridized carbons (Fsp3) is 0.800. The van der Waals surface area contributed by atoms with Gasteiger partial charge >= 0.3 is 0 Å². The zero-order valence-corrected chi connectivity index (χ0v) is 9.20. The van der Waals surface area contributed by atoms with Crippen LogP contribution in [0.4, 0.5) is 0 Å². The highest BCUT2D eigenvalue weighted by Crippen LogP contribution is 2.12. The Morgan fingerprint density at radius 1 is 1.00 bits per heavy atom. The lowest BCUT2D eigenvalue weighted by molar-refractivity contribution is -0.120. The van der Waals surface area contributed by atoms with E-state index in [1.165, 1.54) is 11.8 Å². The molecule has 0 bridgehead atoms. The summed E-state index contributed by atoms with van der Waals surface area (Å²) in [5.74, 6) is 0.705. The van der Waals surface area contributed by atoms with E-state index in [1.807, 2.05) is 0 Å². The summed E-state index contributed by atoms with van der Waals surface area (Å²) in [5, 5.41) is 3.09. The van der Waals surface area contributed by atoms with Crippen LogP contribution in [0, 0.1) is 0 Å². The third-order valence-corrected chi connectivity index (χ3v) is 3.16. The van der Waals surface area contributed by atoms with Gasteiger partial charge in [-0.1, -0.05) is 24.6 Å². The molecule has 0 unspecified atom stereocenters. The Balaban J connectivity index is 2.28. The van der Waals surface area contributed by atoms with E-state index in [1.54, 1.807) is 0 Å². The Bertz CT molecular complexity index is 186. The summed E-state index contributed by atoms with van der Waals surface area (Å²) in [6.07, 6.45) is 5.38. The highest BCUT2D eigenvalue weighted by Gasteiger charge is 2.07. The van der Waals surface area contributed by atoms with Crippen molar-refractivity contribution in [1.82, 2.24) is 5.32 Å². The predicted molar refractivity (Wildman–Crippen MR) is 58.2 cm³/mol. The van der Waals surface area contributed by atoms with Crippen molar-refractivity contribution in [3.63, 3.8) is 0 Å². The predicted octanol–water partition coefficient (Wildman–Crippen LogP) is 1.72. The van der Waals surface area contributed by atoms with Gasteiger partial charge in [0.15, 0.2) is 5.12 Å². The zero-order chi connectivity index (χ0) is 10.2. The highest BCUT2D eigenvalue weighted by atomic mass is 32.2.